The topological polar surface area (TPSA) is 83.5 Å². The van der Waals surface area contributed by atoms with Crippen LogP contribution in [0.5, 0.6) is 0 Å². The Morgan fingerprint density at radius 2 is 2.00 bits per heavy atom. The number of hydrogen-bond acceptors (Lipinski definition) is 4. The van der Waals surface area contributed by atoms with E-state index in [1.165, 1.54) is 5.56 Å². The van der Waals surface area contributed by atoms with E-state index in [1.807, 2.05) is 38.4 Å². The van der Waals surface area contributed by atoms with Crippen molar-refractivity contribution in [3.05, 3.63) is 30.1 Å². The van der Waals surface area contributed by atoms with Crippen molar-refractivity contribution in [3.8, 4) is 0 Å². The van der Waals surface area contributed by atoms with Crippen LogP contribution in [0.3, 0.4) is 0 Å². The molecule has 0 unspecified atom stereocenters. The van der Waals surface area contributed by atoms with Gasteiger partial charge in [-0.2, -0.15) is 0 Å². The van der Waals surface area contributed by atoms with Crippen molar-refractivity contribution in [2.75, 3.05) is 13.1 Å². The van der Waals surface area contributed by atoms with Crippen LogP contribution in [0, 0.1) is 5.41 Å². The highest BCUT2D eigenvalue weighted by molar-refractivity contribution is 5.85. The molecule has 0 saturated heterocycles. The van der Waals surface area contributed by atoms with Crippen LogP contribution >= 0.6 is 0 Å². The summed E-state index contributed by atoms with van der Waals surface area (Å²) in [5.74, 6) is 0.308. The lowest BCUT2D eigenvalue weighted by atomic mass is 9.86. The molecule has 1 aromatic heterocycles. The lowest BCUT2D eigenvalue weighted by Gasteiger charge is -2.22. The molecule has 112 valence electrons. The highest BCUT2D eigenvalue weighted by Crippen LogP contribution is 2.22. The Morgan fingerprint density at radius 1 is 1.30 bits per heavy atom. The molecule has 5 heteroatoms. The van der Waals surface area contributed by atoms with Gasteiger partial charge in [0.2, 0.25) is 0 Å². The number of oxime groups is 1. The number of rotatable bonds is 9. The van der Waals surface area contributed by atoms with Gasteiger partial charge < -0.3 is 16.3 Å². The van der Waals surface area contributed by atoms with Gasteiger partial charge in [0, 0.05) is 17.8 Å². The lowest BCUT2D eigenvalue weighted by Crippen LogP contribution is -2.32. The van der Waals surface area contributed by atoms with E-state index in [1.54, 1.807) is 0 Å². The number of nitrogens with two attached hydrogens (primary N) is 1. The Balaban J connectivity index is 2.06. The fraction of sp³-hybridized carbons (Fsp3) is 0.600. The second-order valence-corrected chi connectivity index (χ2v) is 5.68. The van der Waals surface area contributed by atoms with Gasteiger partial charge in [0.25, 0.3) is 0 Å². The van der Waals surface area contributed by atoms with Crippen LogP contribution < -0.4 is 11.1 Å². The minimum Gasteiger partial charge on any atom is -0.409 e. The average molecular weight is 278 g/mol. The molecule has 0 atom stereocenters. The van der Waals surface area contributed by atoms with Gasteiger partial charge in [0.15, 0.2) is 0 Å². The molecule has 0 aromatic carbocycles. The summed E-state index contributed by atoms with van der Waals surface area (Å²) < 4.78 is 0. The molecule has 1 aromatic rings. The van der Waals surface area contributed by atoms with Gasteiger partial charge in [0.05, 0.1) is 0 Å². The fourth-order valence-electron chi connectivity index (χ4n) is 1.99. The van der Waals surface area contributed by atoms with Crippen LogP contribution in [0.2, 0.25) is 0 Å². The zero-order valence-corrected chi connectivity index (χ0v) is 12.5. The predicted octanol–water partition coefficient (Wildman–Crippen LogP) is 2.16. The van der Waals surface area contributed by atoms with Crippen molar-refractivity contribution < 1.29 is 5.21 Å². The first-order chi connectivity index (χ1) is 9.56. The van der Waals surface area contributed by atoms with Crippen molar-refractivity contribution in [1.29, 1.82) is 0 Å². The number of nitrogens with one attached hydrogen (secondary N) is 1. The molecular weight excluding hydrogens is 252 g/mol. The molecule has 0 saturated carbocycles. The van der Waals surface area contributed by atoms with Crippen LogP contribution in [0.15, 0.2) is 29.7 Å². The quantitative estimate of drug-likeness (QED) is 0.212. The molecule has 4 N–H and O–H groups in total. The van der Waals surface area contributed by atoms with E-state index in [9.17, 15) is 0 Å². The predicted molar refractivity (Wildman–Crippen MR) is 81.9 cm³/mol. The molecule has 0 radical (unpaired) electrons. The van der Waals surface area contributed by atoms with Crippen LogP contribution in [0.1, 0.15) is 38.7 Å². The molecule has 20 heavy (non-hydrogen) atoms. The maximum Gasteiger partial charge on any atom is 0.144 e. The number of aromatic nitrogens is 1. The number of unbranched alkanes of at least 4 members (excludes halogenated alkanes) is 1. The highest BCUT2D eigenvalue weighted by atomic mass is 16.4. The third-order valence-corrected chi connectivity index (χ3v) is 3.55. The summed E-state index contributed by atoms with van der Waals surface area (Å²) >= 11 is 0. The van der Waals surface area contributed by atoms with Crippen molar-refractivity contribution in [2.45, 2.75) is 39.5 Å². The Kier molecular flexibility index (Phi) is 7.01. The molecule has 0 spiro atoms. The Morgan fingerprint density at radius 3 is 2.65 bits per heavy atom. The van der Waals surface area contributed by atoms with E-state index < -0.39 is 0 Å². The maximum absolute atomic E-state index is 8.70. The zero-order chi connectivity index (χ0) is 14.8. The normalized spacial score (nSPS) is 12.6. The van der Waals surface area contributed by atoms with Gasteiger partial charge >= 0.3 is 0 Å². The van der Waals surface area contributed by atoms with Crippen LogP contribution in [0.4, 0.5) is 0 Å². The van der Waals surface area contributed by atoms with Crippen molar-refractivity contribution in [2.24, 2.45) is 16.3 Å². The minimum atomic E-state index is -0.230. The van der Waals surface area contributed by atoms with Crippen molar-refractivity contribution >= 4 is 5.84 Å². The zero-order valence-electron chi connectivity index (χ0n) is 12.5. The van der Waals surface area contributed by atoms with E-state index in [0.29, 0.717) is 5.84 Å². The van der Waals surface area contributed by atoms with Crippen molar-refractivity contribution in [1.82, 2.24) is 10.3 Å². The molecule has 0 aliphatic heterocycles. The van der Waals surface area contributed by atoms with Crippen LogP contribution in [-0.2, 0) is 6.42 Å². The number of hydrogen-bond donors (Lipinski definition) is 3. The summed E-state index contributed by atoms with van der Waals surface area (Å²) in [6.45, 7) is 5.98. The molecule has 5 nitrogen and oxygen atoms in total. The van der Waals surface area contributed by atoms with E-state index in [0.717, 1.165) is 38.8 Å². The van der Waals surface area contributed by atoms with E-state index in [2.05, 4.69) is 15.5 Å². The summed E-state index contributed by atoms with van der Waals surface area (Å²) in [4.78, 5) is 4.00. The Labute approximate surface area is 121 Å². The first kappa shape index (κ1) is 16.4. The third-order valence-electron chi connectivity index (χ3n) is 3.55. The monoisotopic (exact) mass is 278 g/mol. The standard InChI is InChI=1S/C15H26N4O/c1-15(2,14(16)19-20)8-3-4-9-17-10-5-13-6-11-18-12-7-13/h6-7,11-12,17,20H,3-5,8-10H2,1-2H3,(H2,16,19). The van der Waals surface area contributed by atoms with Gasteiger partial charge in [-0.15, -0.1) is 0 Å². The van der Waals surface area contributed by atoms with E-state index in [4.69, 9.17) is 10.9 Å². The Hall–Kier alpha value is -1.62. The maximum atomic E-state index is 8.70. The SMILES string of the molecule is CC(C)(CCCCNCCc1ccncc1)/C(N)=N/O. The van der Waals surface area contributed by atoms with E-state index in [-0.39, 0.29) is 5.41 Å². The molecule has 0 bridgehead atoms. The average Bonchev–Trinajstić information content (AvgIpc) is 2.46. The van der Waals surface area contributed by atoms with Crippen LogP contribution in [0.25, 0.3) is 0 Å². The number of amidine groups is 1. The van der Waals surface area contributed by atoms with Gasteiger partial charge in [0.1, 0.15) is 5.84 Å². The number of pyridine rings is 1. The van der Waals surface area contributed by atoms with Gasteiger partial charge in [-0.05, 0) is 50.0 Å². The first-order valence-electron chi connectivity index (χ1n) is 7.14. The minimum absolute atomic E-state index is 0.230. The molecule has 1 heterocycles. The van der Waals surface area contributed by atoms with Crippen LogP contribution in [-0.4, -0.2) is 29.1 Å². The first-order valence-corrected chi connectivity index (χ1v) is 7.14. The fourth-order valence-corrected chi connectivity index (χ4v) is 1.99. The largest absolute Gasteiger partial charge is 0.409 e. The summed E-state index contributed by atoms with van der Waals surface area (Å²) in [6, 6.07) is 4.09. The van der Waals surface area contributed by atoms with Gasteiger partial charge in [-0.3, -0.25) is 4.98 Å². The highest BCUT2D eigenvalue weighted by Gasteiger charge is 2.22. The molecule has 0 aliphatic carbocycles. The summed E-state index contributed by atoms with van der Waals surface area (Å²) in [6.07, 6.45) is 7.76. The summed E-state index contributed by atoms with van der Waals surface area (Å²) in [5, 5.41) is 15.2. The molecular formula is C15H26N4O. The lowest BCUT2D eigenvalue weighted by molar-refractivity contribution is 0.304. The molecule has 0 amide bonds. The smallest absolute Gasteiger partial charge is 0.144 e. The third kappa shape index (κ3) is 6.02. The number of nitrogens with zero attached hydrogens (tertiary/aromatic N) is 2. The van der Waals surface area contributed by atoms with Gasteiger partial charge in [-0.25, -0.2) is 0 Å². The summed E-state index contributed by atoms with van der Waals surface area (Å²) in [7, 11) is 0. The molecule has 0 aliphatic rings. The molecule has 0 fully saturated rings. The second kappa shape index (κ2) is 8.53. The Bertz CT molecular complexity index is 404. The van der Waals surface area contributed by atoms with Gasteiger partial charge in [-0.1, -0.05) is 25.4 Å². The van der Waals surface area contributed by atoms with E-state index >= 15 is 0 Å². The van der Waals surface area contributed by atoms with Crippen molar-refractivity contribution in [3.63, 3.8) is 0 Å². The molecule has 1 rings (SSSR count). The summed E-state index contributed by atoms with van der Waals surface area (Å²) in [5.41, 5.74) is 6.73. The second-order valence-electron chi connectivity index (χ2n) is 5.68.